The number of fused-ring (bicyclic) bond motifs is 5. The van der Waals surface area contributed by atoms with Gasteiger partial charge in [0.15, 0.2) is 6.23 Å². The van der Waals surface area contributed by atoms with Crippen molar-refractivity contribution in [3.8, 4) is 11.5 Å². The Kier molecular flexibility index (Phi) is 5.55. The molecule has 1 aliphatic heterocycles. The predicted molar refractivity (Wildman–Crippen MR) is 138 cm³/mol. The average Bonchev–Trinajstić information content (AvgIpc) is 2.82. The van der Waals surface area contributed by atoms with Gasteiger partial charge >= 0.3 is 0 Å². The summed E-state index contributed by atoms with van der Waals surface area (Å²) in [7, 11) is 5.72. The number of aliphatic hydroxyl groups excluding tert-OH is 2. The predicted octanol–water partition coefficient (Wildman–Crippen LogP) is 4.09. The van der Waals surface area contributed by atoms with Gasteiger partial charge in [0.25, 0.3) is 0 Å². The molecule has 0 fully saturated rings. The number of aryl methyl sites for hydroxylation is 1. The Morgan fingerprint density at radius 3 is 2.43 bits per heavy atom. The Bertz CT molecular complexity index is 1520. The molecule has 2 heterocycles. The van der Waals surface area contributed by atoms with E-state index in [0.717, 1.165) is 16.3 Å². The van der Waals surface area contributed by atoms with Crippen molar-refractivity contribution in [2.24, 2.45) is 7.05 Å². The number of rotatable bonds is 4. The maximum Gasteiger partial charge on any atom is 0.201 e. The number of nitrogens with zero attached hydrogens (tertiary/aromatic N) is 2. The highest BCUT2D eigenvalue weighted by Crippen LogP contribution is 2.46. The molecule has 5 rings (SSSR count). The van der Waals surface area contributed by atoms with Crippen molar-refractivity contribution in [3.63, 3.8) is 0 Å². The summed E-state index contributed by atoms with van der Waals surface area (Å²) >= 11 is 0. The molecule has 3 atom stereocenters. The monoisotopic (exact) mass is 476 g/mol. The van der Waals surface area contributed by atoms with Gasteiger partial charge in [-0.05, 0) is 57.3 Å². The maximum absolute atomic E-state index is 14.1. The first-order valence-corrected chi connectivity index (χ1v) is 12.0. The van der Waals surface area contributed by atoms with Crippen LogP contribution < -0.4 is 14.9 Å². The fourth-order valence-electron chi connectivity index (χ4n) is 5.19. The van der Waals surface area contributed by atoms with E-state index in [0.29, 0.717) is 39.8 Å². The highest BCUT2D eigenvalue weighted by Gasteiger charge is 2.44. The SMILES string of the molecule is CCC(Oc1cc2c(c3c1c(=O)c1cc4ccccc4cc1n3C)C(O)C(O)C(C)(C)O2)N(C)C. The lowest BCUT2D eigenvalue weighted by Crippen LogP contribution is -2.49. The van der Waals surface area contributed by atoms with Crippen LogP contribution in [0.4, 0.5) is 0 Å². The molecule has 4 aromatic rings. The Balaban J connectivity index is 1.94. The largest absolute Gasteiger partial charge is 0.484 e. The van der Waals surface area contributed by atoms with Gasteiger partial charge in [-0.15, -0.1) is 0 Å². The standard InChI is InChI=1S/C28H32N2O5/c1-7-21(29(4)5)34-19-14-20-23(26(32)27(33)28(2,3)35-20)24-22(19)25(31)17-12-15-10-8-9-11-16(15)13-18(17)30(24)6/h8-14,21,26-27,32-33H,7H2,1-6H3. The molecule has 7 heteroatoms. The normalized spacial score (nSPS) is 20.3. The summed E-state index contributed by atoms with van der Waals surface area (Å²) in [6.45, 7) is 5.48. The molecular weight excluding hydrogens is 444 g/mol. The zero-order valence-electron chi connectivity index (χ0n) is 21.0. The van der Waals surface area contributed by atoms with Crippen molar-refractivity contribution >= 4 is 32.6 Å². The molecule has 0 aliphatic carbocycles. The minimum Gasteiger partial charge on any atom is -0.484 e. The smallest absolute Gasteiger partial charge is 0.201 e. The van der Waals surface area contributed by atoms with Gasteiger partial charge in [-0.2, -0.15) is 0 Å². The van der Waals surface area contributed by atoms with Crippen LogP contribution in [-0.2, 0) is 7.05 Å². The molecule has 0 radical (unpaired) electrons. The molecule has 0 amide bonds. The number of pyridine rings is 1. The Hall–Kier alpha value is -3.13. The fourth-order valence-corrected chi connectivity index (χ4v) is 5.19. The second-order valence-corrected chi connectivity index (χ2v) is 10.2. The van der Waals surface area contributed by atoms with Gasteiger partial charge in [0.05, 0.1) is 22.0 Å². The fraction of sp³-hybridized carbons (Fsp3) is 0.393. The third kappa shape index (κ3) is 3.57. The summed E-state index contributed by atoms with van der Waals surface area (Å²) in [6.07, 6.45) is -1.96. The lowest BCUT2D eigenvalue weighted by Gasteiger charge is -2.41. The van der Waals surface area contributed by atoms with E-state index in [2.05, 4.69) is 0 Å². The molecule has 1 aromatic heterocycles. The summed E-state index contributed by atoms with van der Waals surface area (Å²) < 4.78 is 14.5. The summed E-state index contributed by atoms with van der Waals surface area (Å²) in [6, 6.07) is 13.5. The van der Waals surface area contributed by atoms with Crippen LogP contribution in [0.25, 0.3) is 32.6 Å². The van der Waals surface area contributed by atoms with Gasteiger partial charge in [-0.1, -0.05) is 31.2 Å². The minimum atomic E-state index is -1.23. The van der Waals surface area contributed by atoms with Crippen LogP contribution >= 0.6 is 0 Å². The Labute approximate surface area is 204 Å². The second-order valence-electron chi connectivity index (χ2n) is 10.2. The topological polar surface area (TPSA) is 84.2 Å². The van der Waals surface area contributed by atoms with Crippen LogP contribution in [0.3, 0.4) is 0 Å². The Morgan fingerprint density at radius 1 is 1.14 bits per heavy atom. The first-order valence-electron chi connectivity index (χ1n) is 12.0. The summed E-state index contributed by atoms with van der Waals surface area (Å²) in [4.78, 5) is 16.0. The molecule has 0 saturated heterocycles. The summed E-state index contributed by atoms with van der Waals surface area (Å²) in [5.41, 5.74) is 0.422. The van der Waals surface area contributed by atoms with E-state index in [9.17, 15) is 15.0 Å². The zero-order valence-corrected chi connectivity index (χ0v) is 21.0. The summed E-state index contributed by atoms with van der Waals surface area (Å²) in [5.74, 6) is 0.799. The number of benzene rings is 3. The van der Waals surface area contributed by atoms with Crippen LogP contribution in [0.2, 0.25) is 0 Å². The molecule has 0 saturated carbocycles. The maximum atomic E-state index is 14.1. The van der Waals surface area contributed by atoms with Gasteiger partial charge in [0, 0.05) is 18.5 Å². The zero-order chi connectivity index (χ0) is 25.2. The van der Waals surface area contributed by atoms with E-state index in [-0.39, 0.29) is 11.7 Å². The summed E-state index contributed by atoms with van der Waals surface area (Å²) in [5, 5.41) is 25.0. The van der Waals surface area contributed by atoms with Crippen LogP contribution in [0.5, 0.6) is 11.5 Å². The van der Waals surface area contributed by atoms with E-state index in [1.54, 1.807) is 19.9 Å². The van der Waals surface area contributed by atoms with Crippen molar-refractivity contribution in [1.29, 1.82) is 0 Å². The first kappa shape index (κ1) is 23.6. The van der Waals surface area contributed by atoms with Crippen molar-refractivity contribution in [3.05, 3.63) is 58.3 Å². The van der Waals surface area contributed by atoms with Gasteiger partial charge in [0.2, 0.25) is 5.43 Å². The van der Waals surface area contributed by atoms with Crippen molar-refractivity contribution < 1.29 is 19.7 Å². The van der Waals surface area contributed by atoms with Gasteiger partial charge in [-0.25, -0.2) is 0 Å². The van der Waals surface area contributed by atoms with Crippen LogP contribution in [0.1, 0.15) is 38.9 Å². The van der Waals surface area contributed by atoms with Crippen molar-refractivity contribution in [1.82, 2.24) is 9.47 Å². The molecule has 7 nitrogen and oxygen atoms in total. The average molecular weight is 477 g/mol. The lowest BCUT2D eigenvalue weighted by molar-refractivity contribution is -0.111. The van der Waals surface area contributed by atoms with Crippen LogP contribution in [0.15, 0.2) is 47.3 Å². The number of hydrogen-bond donors (Lipinski definition) is 2. The molecule has 0 spiro atoms. The Morgan fingerprint density at radius 2 is 1.80 bits per heavy atom. The highest BCUT2D eigenvalue weighted by atomic mass is 16.5. The molecule has 3 unspecified atom stereocenters. The van der Waals surface area contributed by atoms with Gasteiger partial charge in [0.1, 0.15) is 29.3 Å². The van der Waals surface area contributed by atoms with Crippen LogP contribution in [-0.4, -0.2) is 51.7 Å². The van der Waals surface area contributed by atoms with E-state index in [1.165, 1.54) is 0 Å². The molecule has 35 heavy (non-hydrogen) atoms. The lowest BCUT2D eigenvalue weighted by atomic mass is 9.86. The third-order valence-electron chi connectivity index (χ3n) is 7.17. The number of hydrogen-bond acceptors (Lipinski definition) is 6. The minimum absolute atomic E-state index is 0.184. The van der Waals surface area contributed by atoms with Crippen LogP contribution in [0, 0.1) is 0 Å². The molecular formula is C28H32N2O5. The highest BCUT2D eigenvalue weighted by molar-refractivity contribution is 6.04. The number of aliphatic hydroxyl groups is 2. The molecule has 184 valence electrons. The molecule has 3 aromatic carbocycles. The third-order valence-corrected chi connectivity index (χ3v) is 7.17. The van der Waals surface area contributed by atoms with Crippen molar-refractivity contribution in [2.45, 2.75) is 51.2 Å². The first-order chi connectivity index (χ1) is 16.5. The number of aromatic nitrogens is 1. The van der Waals surface area contributed by atoms with Crippen molar-refractivity contribution in [2.75, 3.05) is 14.1 Å². The molecule has 2 N–H and O–H groups in total. The molecule has 1 aliphatic rings. The number of ether oxygens (including phenoxy) is 2. The van der Waals surface area contributed by atoms with Gasteiger partial charge < -0.3 is 24.3 Å². The second kappa shape index (κ2) is 8.22. The van der Waals surface area contributed by atoms with Gasteiger partial charge in [-0.3, -0.25) is 9.69 Å². The molecule has 0 bridgehead atoms. The van der Waals surface area contributed by atoms with E-state index in [4.69, 9.17) is 9.47 Å². The van der Waals surface area contributed by atoms with E-state index < -0.39 is 17.8 Å². The van der Waals surface area contributed by atoms with E-state index in [1.807, 2.05) is 73.9 Å². The quantitative estimate of drug-likeness (QED) is 0.341. The van der Waals surface area contributed by atoms with E-state index >= 15 is 0 Å².